The van der Waals surface area contributed by atoms with Crippen LogP contribution < -0.4 is 5.32 Å². The highest BCUT2D eigenvalue weighted by atomic mass is 15.0. The molecule has 0 saturated heterocycles. The topological polar surface area (TPSA) is 24.4 Å². The number of hydrogen-bond donors (Lipinski definition) is 1. The zero-order chi connectivity index (χ0) is 33.3. The molecule has 7 rings (SSSR count). The molecule has 0 aliphatic rings. The molecule has 0 bridgehead atoms. The van der Waals surface area contributed by atoms with Gasteiger partial charge in [-0.15, -0.1) is 0 Å². The van der Waals surface area contributed by atoms with Gasteiger partial charge in [-0.2, -0.15) is 0 Å². The molecular weight excluding hydrogens is 593 g/mol. The van der Waals surface area contributed by atoms with Gasteiger partial charge in [0, 0.05) is 0 Å². The minimum Gasteiger partial charge on any atom is -0.295 e. The zero-order valence-electron chi connectivity index (χ0n) is 27.6. The maximum atomic E-state index is 5.17. The first kappa shape index (κ1) is 31.5. The lowest BCUT2D eigenvalue weighted by molar-refractivity contribution is 0.626. The average molecular weight is 631 g/mol. The largest absolute Gasteiger partial charge is 0.295 e. The summed E-state index contributed by atoms with van der Waals surface area (Å²) in [7, 11) is 1.96. The van der Waals surface area contributed by atoms with Crippen molar-refractivity contribution in [3.8, 4) is 44.5 Å². The van der Waals surface area contributed by atoms with Crippen LogP contribution in [-0.2, 0) is 0 Å². The molecule has 7 aromatic carbocycles. The Labute approximate surface area is 289 Å². The predicted molar refractivity (Wildman–Crippen MR) is 208 cm³/mol. The molecule has 2 nitrogen and oxygen atoms in total. The molecule has 1 N–H and O–H groups in total. The van der Waals surface area contributed by atoms with E-state index in [0.717, 1.165) is 22.4 Å². The van der Waals surface area contributed by atoms with Gasteiger partial charge in [0.15, 0.2) is 0 Å². The molecule has 0 amide bonds. The van der Waals surface area contributed by atoms with Gasteiger partial charge >= 0.3 is 0 Å². The van der Waals surface area contributed by atoms with E-state index in [-0.39, 0.29) is 6.17 Å². The fourth-order valence-electron chi connectivity index (χ4n) is 6.08. The molecule has 0 saturated carbocycles. The molecule has 0 spiro atoms. The Balaban J connectivity index is 1.09. The van der Waals surface area contributed by atoms with Gasteiger partial charge in [-0.25, -0.2) is 0 Å². The van der Waals surface area contributed by atoms with E-state index in [9.17, 15) is 0 Å². The lowest BCUT2D eigenvalue weighted by atomic mass is 9.96. The monoisotopic (exact) mass is 630 g/mol. The van der Waals surface area contributed by atoms with Crippen molar-refractivity contribution < 1.29 is 0 Å². The summed E-state index contributed by atoms with van der Waals surface area (Å²) in [6.07, 6.45) is 4.03. The Morgan fingerprint density at radius 1 is 0.449 bits per heavy atom. The second-order valence-corrected chi connectivity index (χ2v) is 12.0. The van der Waals surface area contributed by atoms with Crippen molar-refractivity contribution in [1.82, 2.24) is 5.32 Å². The predicted octanol–water partition coefficient (Wildman–Crippen LogP) is 11.8. The fraction of sp³-hybridized carbons (Fsp3) is 0.0426. The third-order valence-corrected chi connectivity index (χ3v) is 8.81. The van der Waals surface area contributed by atoms with E-state index in [4.69, 9.17) is 4.99 Å². The molecule has 2 heteroatoms. The molecule has 1 atom stereocenters. The molecule has 0 aromatic heterocycles. The van der Waals surface area contributed by atoms with Gasteiger partial charge in [0.2, 0.25) is 0 Å². The normalized spacial score (nSPS) is 12.2. The fourth-order valence-corrected chi connectivity index (χ4v) is 6.08. The van der Waals surface area contributed by atoms with E-state index in [1.54, 1.807) is 0 Å². The molecule has 7 aromatic rings. The standard InChI is InChI=1S/C47H38N2/c1-48-47(49-46(42-16-9-4-10-17-42)33-20-35-12-5-2-6-13-35)43-31-29-41(30-32-43)45-19-11-18-44(34-45)40-27-25-39(26-28-40)38-23-21-37(22-24-38)36-14-7-3-8-15-36/h2-34,47-48H,1H3/b33-20+,49-46?. The van der Waals surface area contributed by atoms with Crippen LogP contribution in [0, 0.1) is 0 Å². The van der Waals surface area contributed by atoms with Gasteiger partial charge in [0.25, 0.3) is 0 Å². The van der Waals surface area contributed by atoms with Crippen LogP contribution in [0.5, 0.6) is 0 Å². The summed E-state index contributed by atoms with van der Waals surface area (Å²) < 4.78 is 0. The van der Waals surface area contributed by atoms with Crippen LogP contribution in [0.1, 0.15) is 22.9 Å². The van der Waals surface area contributed by atoms with Crippen LogP contribution in [0.2, 0.25) is 0 Å². The Bertz CT molecular complexity index is 2150. The van der Waals surface area contributed by atoms with Gasteiger partial charge in [0.05, 0.1) is 5.71 Å². The summed E-state index contributed by atoms with van der Waals surface area (Å²) in [5.74, 6) is 0. The van der Waals surface area contributed by atoms with Gasteiger partial charge < -0.3 is 0 Å². The smallest absolute Gasteiger partial charge is 0.126 e. The maximum absolute atomic E-state index is 5.17. The molecule has 1 unspecified atom stereocenters. The van der Waals surface area contributed by atoms with Crippen molar-refractivity contribution in [3.63, 3.8) is 0 Å². The Morgan fingerprint density at radius 3 is 1.37 bits per heavy atom. The van der Waals surface area contributed by atoms with E-state index in [1.807, 2.05) is 19.2 Å². The summed E-state index contributed by atoms with van der Waals surface area (Å²) in [5, 5.41) is 3.41. The number of aliphatic imine (C=N–C) groups is 1. The summed E-state index contributed by atoms with van der Waals surface area (Å²) in [4.78, 5) is 5.17. The second-order valence-electron chi connectivity index (χ2n) is 12.0. The molecule has 236 valence electrons. The lowest BCUT2D eigenvalue weighted by Gasteiger charge is -2.15. The summed E-state index contributed by atoms with van der Waals surface area (Å²) in [6, 6.07) is 66.4. The minimum absolute atomic E-state index is 0.191. The summed E-state index contributed by atoms with van der Waals surface area (Å²) in [6.45, 7) is 0. The van der Waals surface area contributed by atoms with Crippen LogP contribution in [0.25, 0.3) is 50.6 Å². The van der Waals surface area contributed by atoms with Crippen LogP contribution in [-0.4, -0.2) is 12.8 Å². The van der Waals surface area contributed by atoms with Crippen molar-refractivity contribution in [3.05, 3.63) is 211 Å². The van der Waals surface area contributed by atoms with Crippen molar-refractivity contribution in [2.24, 2.45) is 4.99 Å². The van der Waals surface area contributed by atoms with E-state index in [1.165, 1.54) is 44.5 Å². The average Bonchev–Trinajstić information content (AvgIpc) is 3.19. The van der Waals surface area contributed by atoms with E-state index in [2.05, 4.69) is 193 Å². The van der Waals surface area contributed by atoms with Gasteiger partial charge in [-0.3, -0.25) is 10.3 Å². The Morgan fingerprint density at radius 2 is 0.857 bits per heavy atom. The first-order valence-electron chi connectivity index (χ1n) is 16.7. The van der Waals surface area contributed by atoms with Crippen molar-refractivity contribution in [2.75, 3.05) is 7.05 Å². The van der Waals surface area contributed by atoms with Crippen LogP contribution >= 0.6 is 0 Å². The highest BCUT2D eigenvalue weighted by Crippen LogP contribution is 2.30. The molecule has 49 heavy (non-hydrogen) atoms. The Kier molecular flexibility index (Phi) is 9.78. The SMILES string of the molecule is CNC(N=C(/C=C/c1ccccc1)c1ccccc1)c1ccc(-c2cccc(-c3ccc(-c4ccc(-c5ccccc5)cc4)cc3)c2)cc1. The first-order chi connectivity index (χ1) is 24.2. The summed E-state index contributed by atoms with van der Waals surface area (Å²) >= 11 is 0. The zero-order valence-corrected chi connectivity index (χ0v) is 27.6. The first-order valence-corrected chi connectivity index (χ1v) is 16.7. The van der Waals surface area contributed by atoms with E-state index in [0.29, 0.717) is 0 Å². The number of hydrogen-bond acceptors (Lipinski definition) is 2. The third kappa shape index (κ3) is 7.73. The third-order valence-electron chi connectivity index (χ3n) is 8.81. The van der Waals surface area contributed by atoms with E-state index >= 15 is 0 Å². The second kappa shape index (κ2) is 15.2. The molecular formula is C47H38N2. The molecule has 0 aliphatic heterocycles. The molecule has 0 fully saturated rings. The highest BCUT2D eigenvalue weighted by molar-refractivity contribution is 6.10. The molecule has 0 aliphatic carbocycles. The lowest BCUT2D eigenvalue weighted by Crippen LogP contribution is -2.16. The maximum Gasteiger partial charge on any atom is 0.126 e. The van der Waals surface area contributed by atoms with Gasteiger partial charge in [-0.05, 0) is 80.4 Å². The molecule has 0 heterocycles. The van der Waals surface area contributed by atoms with Crippen LogP contribution in [0.15, 0.2) is 199 Å². The van der Waals surface area contributed by atoms with Crippen molar-refractivity contribution in [2.45, 2.75) is 6.17 Å². The highest BCUT2D eigenvalue weighted by Gasteiger charge is 2.11. The minimum atomic E-state index is -0.191. The summed E-state index contributed by atoms with van der Waals surface area (Å²) in [5.41, 5.74) is 13.9. The van der Waals surface area contributed by atoms with Gasteiger partial charge in [-0.1, -0.05) is 188 Å². The van der Waals surface area contributed by atoms with Gasteiger partial charge in [0.1, 0.15) is 6.17 Å². The van der Waals surface area contributed by atoms with Crippen LogP contribution in [0.3, 0.4) is 0 Å². The molecule has 0 radical (unpaired) electrons. The van der Waals surface area contributed by atoms with E-state index < -0.39 is 0 Å². The number of rotatable bonds is 10. The Hall–Kier alpha value is -6.09. The number of allylic oxidation sites excluding steroid dienone is 1. The number of nitrogens with zero attached hydrogens (tertiary/aromatic N) is 1. The quantitative estimate of drug-likeness (QED) is 0.149. The van der Waals surface area contributed by atoms with Crippen LogP contribution in [0.4, 0.5) is 0 Å². The van der Waals surface area contributed by atoms with Crippen molar-refractivity contribution in [1.29, 1.82) is 0 Å². The number of benzene rings is 7. The van der Waals surface area contributed by atoms with Crippen molar-refractivity contribution >= 4 is 11.8 Å². The number of nitrogens with one attached hydrogen (secondary N) is 1.